The molecule has 2 aliphatic heterocycles. The summed E-state index contributed by atoms with van der Waals surface area (Å²) in [5.41, 5.74) is 0. The fourth-order valence-electron chi connectivity index (χ4n) is 2.82. The van der Waals surface area contributed by atoms with Gasteiger partial charge >= 0.3 is 6.03 Å². The van der Waals surface area contributed by atoms with E-state index in [4.69, 9.17) is 0 Å². The van der Waals surface area contributed by atoms with E-state index in [-0.39, 0.29) is 50.5 Å². The quantitative estimate of drug-likeness (QED) is 0.627. The number of rotatable bonds is 6. The highest BCUT2D eigenvalue weighted by molar-refractivity contribution is 7.89. The number of nitrogens with one attached hydrogen (secondary N) is 2. The van der Waals surface area contributed by atoms with Gasteiger partial charge < -0.3 is 10.2 Å². The summed E-state index contributed by atoms with van der Waals surface area (Å²) in [6.45, 7) is 0.219. The number of hydrogen-bond acceptors (Lipinski definition) is 5. The second-order valence-corrected chi connectivity index (χ2v) is 7.69. The first-order chi connectivity index (χ1) is 12.3. The van der Waals surface area contributed by atoms with Crippen LogP contribution in [0.3, 0.4) is 0 Å². The number of likely N-dealkylation sites (tertiary alicyclic amines) is 1. The largest absolute Gasteiger partial charge is 0.338 e. The van der Waals surface area contributed by atoms with Gasteiger partial charge in [-0.2, -0.15) is 0 Å². The number of urea groups is 1. The number of hydrogen-bond donors (Lipinski definition) is 2. The van der Waals surface area contributed by atoms with Gasteiger partial charge in [-0.1, -0.05) is 12.1 Å². The molecule has 0 aromatic heterocycles. The van der Waals surface area contributed by atoms with Gasteiger partial charge in [0.25, 0.3) is 0 Å². The Labute approximate surface area is 149 Å². The molecule has 140 valence electrons. The van der Waals surface area contributed by atoms with Gasteiger partial charge in [-0.3, -0.25) is 14.5 Å². The molecule has 1 aromatic carbocycles. The zero-order valence-electron chi connectivity index (χ0n) is 13.6. The molecule has 3 rings (SSSR count). The van der Waals surface area contributed by atoms with Crippen LogP contribution >= 0.6 is 0 Å². The fourth-order valence-corrected chi connectivity index (χ4v) is 3.93. The van der Waals surface area contributed by atoms with Crippen molar-refractivity contribution in [2.45, 2.75) is 17.4 Å². The number of halogens is 1. The van der Waals surface area contributed by atoms with E-state index >= 15 is 0 Å². The summed E-state index contributed by atoms with van der Waals surface area (Å²) in [4.78, 5) is 37.2. The minimum absolute atomic E-state index is 0.0406. The van der Waals surface area contributed by atoms with Gasteiger partial charge in [0.15, 0.2) is 0 Å². The number of carbonyl (C=O) groups excluding carboxylic acids is 3. The van der Waals surface area contributed by atoms with Gasteiger partial charge in [-0.05, 0) is 12.1 Å². The van der Waals surface area contributed by atoms with Gasteiger partial charge in [0, 0.05) is 26.1 Å². The molecular weight excluding hydrogens is 367 g/mol. The second-order valence-electron chi connectivity index (χ2n) is 5.95. The fraction of sp³-hybridized carbons (Fsp3) is 0.400. The van der Waals surface area contributed by atoms with E-state index < -0.39 is 26.8 Å². The van der Waals surface area contributed by atoms with E-state index in [2.05, 4.69) is 10.0 Å². The number of amides is 4. The summed E-state index contributed by atoms with van der Waals surface area (Å²) in [6, 6.07) is 4.13. The van der Waals surface area contributed by atoms with Crippen LogP contribution in [0.15, 0.2) is 29.2 Å². The third kappa shape index (κ3) is 3.53. The minimum Gasteiger partial charge on any atom is -0.338 e. The number of benzene rings is 1. The predicted molar refractivity (Wildman–Crippen MR) is 86.8 cm³/mol. The van der Waals surface area contributed by atoms with Gasteiger partial charge in [-0.15, -0.1) is 0 Å². The van der Waals surface area contributed by atoms with Crippen LogP contribution in [0.25, 0.3) is 0 Å². The van der Waals surface area contributed by atoms with Gasteiger partial charge in [0.05, 0.1) is 12.6 Å². The second kappa shape index (κ2) is 7.00. The molecule has 2 aliphatic rings. The van der Waals surface area contributed by atoms with Crippen LogP contribution in [-0.4, -0.2) is 68.3 Å². The Kier molecular flexibility index (Phi) is 4.92. The maximum atomic E-state index is 13.6. The first-order valence-electron chi connectivity index (χ1n) is 7.91. The third-order valence-corrected chi connectivity index (χ3v) is 5.71. The van der Waals surface area contributed by atoms with Gasteiger partial charge in [0.2, 0.25) is 21.8 Å². The number of imide groups is 1. The van der Waals surface area contributed by atoms with Crippen LogP contribution < -0.4 is 10.0 Å². The standard InChI is InChI=1S/C15H17FN4O5S/c16-11-3-1-2-4-12(11)26(24,25)18-6-5-13(21)19-8-10(9-19)20-14(22)7-17-15(20)23/h1-4,10,18H,5-9H2,(H,17,23). The topological polar surface area (TPSA) is 116 Å². The highest BCUT2D eigenvalue weighted by Gasteiger charge is 2.42. The van der Waals surface area contributed by atoms with E-state index in [1.165, 1.54) is 17.0 Å². The van der Waals surface area contributed by atoms with E-state index in [0.717, 1.165) is 17.0 Å². The Morgan fingerprint density at radius 2 is 1.96 bits per heavy atom. The Bertz CT molecular complexity index is 837. The molecule has 2 fully saturated rings. The molecule has 1 aromatic rings. The maximum absolute atomic E-state index is 13.6. The van der Waals surface area contributed by atoms with Crippen molar-refractivity contribution in [1.29, 1.82) is 0 Å². The van der Waals surface area contributed by atoms with Crippen molar-refractivity contribution in [3.63, 3.8) is 0 Å². The predicted octanol–water partition coefficient (Wildman–Crippen LogP) is -0.743. The summed E-state index contributed by atoms with van der Waals surface area (Å²) in [5, 5.41) is 2.41. The summed E-state index contributed by atoms with van der Waals surface area (Å²) in [6.07, 6.45) is -0.111. The van der Waals surface area contributed by atoms with Crippen LogP contribution in [0, 0.1) is 5.82 Å². The molecule has 0 atom stereocenters. The molecule has 0 spiro atoms. The Morgan fingerprint density at radius 1 is 1.27 bits per heavy atom. The SMILES string of the molecule is O=C(CCNS(=O)(=O)c1ccccc1F)N1CC(N2C(=O)CNC2=O)C1. The zero-order valence-corrected chi connectivity index (χ0v) is 14.5. The summed E-state index contributed by atoms with van der Waals surface area (Å²) < 4.78 is 39.8. The van der Waals surface area contributed by atoms with E-state index in [9.17, 15) is 27.2 Å². The molecule has 0 bridgehead atoms. The smallest absolute Gasteiger partial charge is 0.324 e. The minimum atomic E-state index is -4.04. The van der Waals surface area contributed by atoms with Crippen LogP contribution in [0.5, 0.6) is 0 Å². The average molecular weight is 384 g/mol. The lowest BCUT2D eigenvalue weighted by atomic mass is 10.1. The van der Waals surface area contributed by atoms with Crippen molar-refractivity contribution in [3.05, 3.63) is 30.1 Å². The van der Waals surface area contributed by atoms with Crippen LogP contribution in [0.4, 0.5) is 9.18 Å². The molecule has 9 nitrogen and oxygen atoms in total. The molecule has 0 unspecified atom stereocenters. The van der Waals surface area contributed by atoms with Crippen LogP contribution in [-0.2, 0) is 19.6 Å². The molecule has 2 saturated heterocycles. The Morgan fingerprint density at radius 3 is 2.58 bits per heavy atom. The van der Waals surface area contributed by atoms with Crippen LogP contribution in [0.1, 0.15) is 6.42 Å². The van der Waals surface area contributed by atoms with Crippen molar-refractivity contribution < 1.29 is 27.2 Å². The summed E-state index contributed by atoms with van der Waals surface area (Å²) in [7, 11) is -4.04. The first-order valence-corrected chi connectivity index (χ1v) is 9.40. The summed E-state index contributed by atoms with van der Waals surface area (Å²) >= 11 is 0. The Balaban J connectivity index is 1.46. The number of nitrogens with zero attached hydrogens (tertiary/aromatic N) is 2. The maximum Gasteiger partial charge on any atom is 0.324 e. The molecule has 11 heteroatoms. The third-order valence-electron chi connectivity index (χ3n) is 4.22. The molecule has 2 heterocycles. The van der Waals surface area contributed by atoms with Gasteiger partial charge in [-0.25, -0.2) is 22.3 Å². The molecule has 2 N–H and O–H groups in total. The van der Waals surface area contributed by atoms with Crippen molar-refractivity contribution >= 4 is 27.9 Å². The van der Waals surface area contributed by atoms with Crippen molar-refractivity contribution in [2.24, 2.45) is 0 Å². The van der Waals surface area contributed by atoms with Crippen molar-refractivity contribution in [1.82, 2.24) is 19.8 Å². The van der Waals surface area contributed by atoms with Crippen LogP contribution in [0.2, 0.25) is 0 Å². The first kappa shape index (κ1) is 18.3. The number of sulfonamides is 1. The van der Waals surface area contributed by atoms with Gasteiger partial charge in [0.1, 0.15) is 10.7 Å². The molecule has 4 amide bonds. The van der Waals surface area contributed by atoms with E-state index in [0.29, 0.717) is 0 Å². The highest BCUT2D eigenvalue weighted by atomic mass is 32.2. The Hall–Kier alpha value is -2.53. The number of carbonyl (C=O) groups is 3. The molecule has 0 saturated carbocycles. The molecule has 0 aliphatic carbocycles. The normalized spacial score (nSPS) is 18.0. The lowest BCUT2D eigenvalue weighted by molar-refractivity contribution is -0.141. The monoisotopic (exact) mass is 384 g/mol. The highest BCUT2D eigenvalue weighted by Crippen LogP contribution is 2.18. The van der Waals surface area contributed by atoms with Crippen molar-refractivity contribution in [3.8, 4) is 0 Å². The van der Waals surface area contributed by atoms with E-state index in [1.54, 1.807) is 0 Å². The lowest BCUT2D eigenvalue weighted by Gasteiger charge is -2.42. The van der Waals surface area contributed by atoms with Crippen molar-refractivity contribution in [2.75, 3.05) is 26.2 Å². The lowest BCUT2D eigenvalue weighted by Crippen LogP contribution is -2.62. The summed E-state index contributed by atoms with van der Waals surface area (Å²) in [5.74, 6) is -1.51. The van der Waals surface area contributed by atoms with E-state index in [1.807, 2.05) is 0 Å². The zero-order chi connectivity index (χ0) is 18.9. The average Bonchev–Trinajstić information content (AvgIpc) is 2.86. The molecule has 0 radical (unpaired) electrons. The molecule has 26 heavy (non-hydrogen) atoms. The molecular formula is C15H17FN4O5S.